The van der Waals surface area contributed by atoms with E-state index in [0.29, 0.717) is 11.0 Å². The Labute approximate surface area is 89.5 Å². The molecule has 0 saturated carbocycles. The van der Waals surface area contributed by atoms with Crippen LogP contribution in [0, 0.1) is 0 Å². The molecule has 0 aliphatic carbocycles. The van der Waals surface area contributed by atoms with Crippen molar-refractivity contribution in [1.82, 2.24) is 9.97 Å². The van der Waals surface area contributed by atoms with Gasteiger partial charge in [-0.3, -0.25) is 0 Å². The highest BCUT2D eigenvalue weighted by molar-refractivity contribution is 7.16. The van der Waals surface area contributed by atoms with Crippen molar-refractivity contribution in [2.24, 2.45) is 0 Å². The minimum absolute atomic E-state index is 0.205. The molecule has 2 aromatic heterocycles. The maximum absolute atomic E-state index is 5.94. The second-order valence-electron chi connectivity index (χ2n) is 2.63. The maximum atomic E-state index is 5.94. The summed E-state index contributed by atoms with van der Waals surface area (Å²) in [7, 11) is 0. The summed E-state index contributed by atoms with van der Waals surface area (Å²) >= 11 is 13.3. The molecule has 2 rings (SSSR count). The molecule has 0 spiro atoms. The van der Waals surface area contributed by atoms with Gasteiger partial charge in [0.05, 0.1) is 5.38 Å². The first-order valence-corrected chi connectivity index (χ1v) is 5.42. The van der Waals surface area contributed by atoms with Gasteiger partial charge in [-0.1, -0.05) is 11.6 Å². The third-order valence-corrected chi connectivity index (χ3v) is 2.94. The van der Waals surface area contributed by atoms with Crippen molar-refractivity contribution in [2.45, 2.75) is 12.3 Å². The molecule has 0 aliphatic heterocycles. The lowest BCUT2D eigenvalue weighted by atomic mass is 10.4. The smallest absolute Gasteiger partial charge is 0.149 e. The Hall–Kier alpha value is -0.380. The first-order chi connectivity index (χ1) is 6.18. The van der Waals surface area contributed by atoms with Crippen molar-refractivity contribution in [3.8, 4) is 0 Å². The van der Waals surface area contributed by atoms with Crippen molar-refractivity contribution in [1.29, 1.82) is 0 Å². The van der Waals surface area contributed by atoms with Gasteiger partial charge in [0.1, 0.15) is 15.8 Å². The van der Waals surface area contributed by atoms with Gasteiger partial charge >= 0.3 is 0 Å². The highest BCUT2D eigenvalue weighted by Crippen LogP contribution is 2.27. The van der Waals surface area contributed by atoms with Gasteiger partial charge in [0.2, 0.25) is 0 Å². The van der Waals surface area contributed by atoms with Crippen LogP contribution in [0.4, 0.5) is 0 Å². The largest absolute Gasteiger partial charge is 0.220 e. The molecule has 0 N–H and O–H groups in total. The molecular weight excluding hydrogens is 227 g/mol. The predicted molar refractivity (Wildman–Crippen MR) is 56.7 cm³/mol. The van der Waals surface area contributed by atoms with Crippen LogP contribution in [0.15, 0.2) is 11.4 Å². The molecular formula is C8H6Cl2N2S. The summed E-state index contributed by atoms with van der Waals surface area (Å²) < 4.78 is 0. The first-order valence-electron chi connectivity index (χ1n) is 3.73. The summed E-state index contributed by atoms with van der Waals surface area (Å²) in [5.41, 5.74) is 0. The van der Waals surface area contributed by atoms with Crippen molar-refractivity contribution in [3.05, 3.63) is 22.4 Å². The highest BCUT2D eigenvalue weighted by atomic mass is 35.5. The Balaban J connectivity index is 2.70. The molecule has 2 nitrogen and oxygen atoms in total. The number of thiophene rings is 1. The number of hydrogen-bond donors (Lipinski definition) is 0. The summed E-state index contributed by atoms with van der Waals surface area (Å²) in [6.45, 7) is 1.83. The highest BCUT2D eigenvalue weighted by Gasteiger charge is 2.10. The van der Waals surface area contributed by atoms with E-state index in [-0.39, 0.29) is 5.38 Å². The second-order valence-corrected chi connectivity index (χ2v) is 4.54. The Morgan fingerprint density at radius 3 is 2.92 bits per heavy atom. The zero-order chi connectivity index (χ0) is 9.42. The van der Waals surface area contributed by atoms with E-state index in [0.717, 1.165) is 10.2 Å². The summed E-state index contributed by atoms with van der Waals surface area (Å²) in [6.07, 6.45) is 0. The van der Waals surface area contributed by atoms with Crippen molar-refractivity contribution >= 4 is 44.8 Å². The predicted octanol–water partition coefficient (Wildman–Crippen LogP) is 3.64. The third-order valence-electron chi connectivity index (χ3n) is 1.65. The Kier molecular flexibility index (Phi) is 2.41. The van der Waals surface area contributed by atoms with Crippen LogP contribution < -0.4 is 0 Å². The molecule has 5 heteroatoms. The fraction of sp³-hybridized carbons (Fsp3) is 0.250. The normalized spacial score (nSPS) is 13.5. The summed E-state index contributed by atoms with van der Waals surface area (Å²) in [5, 5.41) is 3.11. The molecule has 0 bridgehead atoms. The van der Waals surface area contributed by atoms with E-state index in [1.165, 1.54) is 11.3 Å². The van der Waals surface area contributed by atoms with Crippen molar-refractivity contribution in [2.75, 3.05) is 0 Å². The SMILES string of the molecule is CC(Cl)c1nc(Cl)c2ccsc2n1. The monoisotopic (exact) mass is 232 g/mol. The summed E-state index contributed by atoms with van der Waals surface area (Å²) in [6, 6.07) is 1.91. The molecule has 0 amide bonds. The Morgan fingerprint density at radius 1 is 1.46 bits per heavy atom. The number of rotatable bonds is 1. The average Bonchev–Trinajstić information content (AvgIpc) is 2.51. The molecule has 13 heavy (non-hydrogen) atoms. The van der Waals surface area contributed by atoms with E-state index < -0.39 is 0 Å². The standard InChI is InChI=1S/C8H6Cl2N2S/c1-4(9)7-11-6(10)5-2-3-13-8(5)12-7/h2-4H,1H3. The van der Waals surface area contributed by atoms with Crippen LogP contribution in [-0.4, -0.2) is 9.97 Å². The fourth-order valence-corrected chi connectivity index (χ4v) is 2.18. The number of aromatic nitrogens is 2. The Morgan fingerprint density at radius 2 is 2.23 bits per heavy atom. The van der Waals surface area contributed by atoms with E-state index in [2.05, 4.69) is 9.97 Å². The van der Waals surface area contributed by atoms with Crippen LogP contribution in [0.5, 0.6) is 0 Å². The number of halogens is 2. The Bertz CT molecular complexity index is 439. The van der Waals surface area contributed by atoms with E-state index in [4.69, 9.17) is 23.2 Å². The van der Waals surface area contributed by atoms with Crippen LogP contribution >= 0.6 is 34.5 Å². The zero-order valence-corrected chi connectivity index (χ0v) is 9.12. The van der Waals surface area contributed by atoms with E-state index in [1.54, 1.807) is 0 Å². The summed E-state index contributed by atoms with van der Waals surface area (Å²) in [5.74, 6) is 0.585. The topological polar surface area (TPSA) is 25.8 Å². The molecule has 0 fully saturated rings. The maximum Gasteiger partial charge on any atom is 0.149 e. The van der Waals surface area contributed by atoms with Gasteiger partial charge in [-0.25, -0.2) is 9.97 Å². The van der Waals surface area contributed by atoms with Gasteiger partial charge in [-0.2, -0.15) is 0 Å². The minimum atomic E-state index is -0.205. The minimum Gasteiger partial charge on any atom is -0.220 e. The molecule has 1 unspecified atom stereocenters. The van der Waals surface area contributed by atoms with Gasteiger partial charge in [-0.05, 0) is 18.4 Å². The molecule has 0 radical (unpaired) electrons. The van der Waals surface area contributed by atoms with Gasteiger partial charge in [0, 0.05) is 5.39 Å². The van der Waals surface area contributed by atoms with Gasteiger partial charge in [0.25, 0.3) is 0 Å². The van der Waals surface area contributed by atoms with Gasteiger partial charge in [-0.15, -0.1) is 22.9 Å². The lowest BCUT2D eigenvalue weighted by molar-refractivity contribution is 0.931. The number of hydrogen-bond acceptors (Lipinski definition) is 3. The van der Waals surface area contributed by atoms with Crippen LogP contribution in [0.1, 0.15) is 18.1 Å². The number of fused-ring (bicyclic) bond motifs is 1. The van der Waals surface area contributed by atoms with Crippen molar-refractivity contribution < 1.29 is 0 Å². The fourth-order valence-electron chi connectivity index (χ4n) is 1.01. The molecule has 0 saturated heterocycles. The van der Waals surface area contributed by atoms with Crippen molar-refractivity contribution in [3.63, 3.8) is 0 Å². The van der Waals surface area contributed by atoms with Gasteiger partial charge in [0.15, 0.2) is 0 Å². The number of alkyl halides is 1. The van der Waals surface area contributed by atoms with Gasteiger partial charge < -0.3 is 0 Å². The molecule has 0 aromatic carbocycles. The van der Waals surface area contributed by atoms with Crippen LogP contribution in [-0.2, 0) is 0 Å². The van der Waals surface area contributed by atoms with Crippen LogP contribution in [0.2, 0.25) is 5.15 Å². The van der Waals surface area contributed by atoms with E-state index in [1.807, 2.05) is 18.4 Å². The molecule has 2 heterocycles. The lowest BCUT2D eigenvalue weighted by Gasteiger charge is -2.01. The average molecular weight is 233 g/mol. The third kappa shape index (κ3) is 1.64. The van der Waals surface area contributed by atoms with E-state index in [9.17, 15) is 0 Å². The molecule has 0 aliphatic rings. The molecule has 2 aromatic rings. The van der Waals surface area contributed by atoms with Crippen LogP contribution in [0.3, 0.4) is 0 Å². The lowest BCUT2D eigenvalue weighted by Crippen LogP contribution is -1.94. The zero-order valence-electron chi connectivity index (χ0n) is 6.79. The number of nitrogens with zero attached hydrogens (tertiary/aromatic N) is 2. The first kappa shape index (κ1) is 9.19. The second kappa shape index (κ2) is 3.40. The summed E-state index contributed by atoms with van der Waals surface area (Å²) in [4.78, 5) is 9.28. The molecule has 68 valence electrons. The molecule has 1 atom stereocenters. The van der Waals surface area contributed by atoms with E-state index >= 15 is 0 Å². The van der Waals surface area contributed by atoms with Crippen LogP contribution in [0.25, 0.3) is 10.2 Å². The quantitative estimate of drug-likeness (QED) is 0.555.